The SMILES string of the molecule is Cc1noc(C)c1-c1cnc2c(CC3CCC3)cn(-c3ccc(=O)[nH]c3)c2c1. The summed E-state index contributed by atoms with van der Waals surface area (Å²) >= 11 is 0. The Bertz CT molecular complexity index is 1190. The van der Waals surface area contributed by atoms with Crippen LogP contribution in [-0.2, 0) is 6.42 Å². The highest BCUT2D eigenvalue weighted by Gasteiger charge is 2.22. The third-order valence-corrected chi connectivity index (χ3v) is 5.82. The van der Waals surface area contributed by atoms with Gasteiger partial charge in [0, 0.05) is 35.8 Å². The second-order valence-electron chi connectivity index (χ2n) is 7.73. The van der Waals surface area contributed by atoms with Crippen LogP contribution in [-0.4, -0.2) is 19.7 Å². The summed E-state index contributed by atoms with van der Waals surface area (Å²) in [4.78, 5) is 19.1. The molecule has 1 fully saturated rings. The second-order valence-corrected chi connectivity index (χ2v) is 7.73. The van der Waals surface area contributed by atoms with E-state index in [4.69, 9.17) is 9.51 Å². The van der Waals surface area contributed by atoms with Crippen molar-refractivity contribution in [3.05, 3.63) is 64.2 Å². The monoisotopic (exact) mass is 374 g/mol. The molecule has 0 amide bonds. The zero-order valence-corrected chi connectivity index (χ0v) is 16.0. The van der Waals surface area contributed by atoms with Crippen LogP contribution in [0.5, 0.6) is 0 Å². The van der Waals surface area contributed by atoms with Crippen molar-refractivity contribution in [2.24, 2.45) is 5.92 Å². The first-order chi connectivity index (χ1) is 13.6. The van der Waals surface area contributed by atoms with Gasteiger partial charge in [-0.1, -0.05) is 24.4 Å². The highest BCUT2D eigenvalue weighted by atomic mass is 16.5. The van der Waals surface area contributed by atoms with E-state index in [0.717, 1.165) is 51.6 Å². The molecule has 0 atom stereocenters. The molecule has 0 radical (unpaired) electrons. The lowest BCUT2D eigenvalue weighted by Gasteiger charge is -2.24. The molecule has 5 rings (SSSR count). The molecule has 4 heterocycles. The fourth-order valence-corrected chi connectivity index (χ4v) is 4.13. The lowest BCUT2D eigenvalue weighted by molar-refractivity contribution is 0.315. The molecule has 6 nitrogen and oxygen atoms in total. The Balaban J connectivity index is 1.70. The van der Waals surface area contributed by atoms with Crippen molar-refractivity contribution in [2.45, 2.75) is 39.5 Å². The first-order valence-corrected chi connectivity index (χ1v) is 9.72. The quantitative estimate of drug-likeness (QED) is 0.577. The highest BCUT2D eigenvalue weighted by Crippen LogP contribution is 2.35. The van der Waals surface area contributed by atoms with Crippen molar-refractivity contribution in [3.63, 3.8) is 0 Å². The normalized spacial score (nSPS) is 14.5. The van der Waals surface area contributed by atoms with Crippen molar-refractivity contribution < 1.29 is 4.52 Å². The Morgan fingerprint density at radius 3 is 2.79 bits per heavy atom. The second kappa shape index (κ2) is 6.48. The van der Waals surface area contributed by atoms with Gasteiger partial charge in [0.05, 0.1) is 22.4 Å². The molecule has 1 saturated carbocycles. The van der Waals surface area contributed by atoms with Crippen molar-refractivity contribution in [1.29, 1.82) is 0 Å². The number of hydrogen-bond acceptors (Lipinski definition) is 4. The lowest BCUT2D eigenvalue weighted by atomic mass is 9.81. The van der Waals surface area contributed by atoms with Crippen LogP contribution < -0.4 is 5.56 Å². The van der Waals surface area contributed by atoms with E-state index in [2.05, 4.69) is 27.0 Å². The fourth-order valence-electron chi connectivity index (χ4n) is 4.13. The van der Waals surface area contributed by atoms with Gasteiger partial charge in [-0.15, -0.1) is 0 Å². The van der Waals surface area contributed by atoms with Crippen LogP contribution in [0.2, 0.25) is 0 Å². The minimum absolute atomic E-state index is 0.107. The van der Waals surface area contributed by atoms with Gasteiger partial charge in [0.1, 0.15) is 5.76 Å². The third-order valence-electron chi connectivity index (χ3n) is 5.82. The average Bonchev–Trinajstić information content (AvgIpc) is 3.18. The molecule has 1 aliphatic carbocycles. The molecular weight excluding hydrogens is 352 g/mol. The van der Waals surface area contributed by atoms with Crippen LogP contribution >= 0.6 is 0 Å². The minimum atomic E-state index is -0.107. The zero-order chi connectivity index (χ0) is 19.3. The van der Waals surface area contributed by atoms with Gasteiger partial charge in [-0.2, -0.15) is 0 Å². The summed E-state index contributed by atoms with van der Waals surface area (Å²) in [5, 5.41) is 4.08. The van der Waals surface area contributed by atoms with Crippen LogP contribution in [0.4, 0.5) is 0 Å². The van der Waals surface area contributed by atoms with E-state index < -0.39 is 0 Å². The Morgan fingerprint density at radius 1 is 1.29 bits per heavy atom. The summed E-state index contributed by atoms with van der Waals surface area (Å²) in [5.41, 5.74) is 6.96. The molecule has 0 aromatic carbocycles. The summed E-state index contributed by atoms with van der Waals surface area (Å²) in [6.07, 6.45) is 10.8. The van der Waals surface area contributed by atoms with E-state index >= 15 is 0 Å². The van der Waals surface area contributed by atoms with Gasteiger partial charge in [-0.25, -0.2) is 0 Å². The number of pyridine rings is 2. The number of aromatic amines is 1. The maximum absolute atomic E-state index is 11.5. The van der Waals surface area contributed by atoms with E-state index in [-0.39, 0.29) is 5.56 Å². The minimum Gasteiger partial charge on any atom is -0.361 e. The van der Waals surface area contributed by atoms with Crippen molar-refractivity contribution in [1.82, 2.24) is 19.7 Å². The van der Waals surface area contributed by atoms with Crippen molar-refractivity contribution in [3.8, 4) is 16.8 Å². The van der Waals surface area contributed by atoms with E-state index in [1.54, 1.807) is 12.3 Å². The van der Waals surface area contributed by atoms with Gasteiger partial charge in [-0.05, 0) is 43.9 Å². The predicted molar refractivity (Wildman–Crippen MR) is 108 cm³/mol. The van der Waals surface area contributed by atoms with Gasteiger partial charge < -0.3 is 14.1 Å². The van der Waals surface area contributed by atoms with E-state index in [0.29, 0.717) is 0 Å². The molecule has 0 unspecified atom stereocenters. The predicted octanol–water partition coefficient (Wildman–Crippen LogP) is 4.33. The Hall–Kier alpha value is -3.15. The fraction of sp³-hybridized carbons (Fsp3) is 0.318. The van der Waals surface area contributed by atoms with Crippen LogP contribution in [0, 0.1) is 19.8 Å². The molecule has 142 valence electrons. The smallest absolute Gasteiger partial charge is 0.248 e. The number of fused-ring (bicyclic) bond motifs is 1. The third kappa shape index (κ3) is 2.76. The summed E-state index contributed by atoms with van der Waals surface area (Å²) < 4.78 is 7.46. The maximum atomic E-state index is 11.5. The molecule has 6 heteroatoms. The number of nitrogens with zero attached hydrogens (tertiary/aromatic N) is 3. The summed E-state index contributed by atoms with van der Waals surface area (Å²) in [6.45, 7) is 3.86. The van der Waals surface area contributed by atoms with Crippen LogP contribution in [0.15, 0.2) is 46.1 Å². The van der Waals surface area contributed by atoms with Gasteiger partial charge in [0.25, 0.3) is 0 Å². The molecule has 4 aromatic heterocycles. The standard InChI is InChI=1S/C22H22N4O2/c1-13-21(14(2)28-25-13)16-9-19-22(24-10-16)17(8-15-4-3-5-15)12-26(19)18-6-7-20(27)23-11-18/h6-7,9-12,15H,3-5,8H2,1-2H3,(H,23,27). The number of aryl methyl sites for hydroxylation is 2. The molecule has 1 aliphatic rings. The number of aromatic nitrogens is 4. The van der Waals surface area contributed by atoms with Crippen LogP contribution in [0.25, 0.3) is 27.8 Å². The van der Waals surface area contributed by atoms with Gasteiger partial charge in [0.15, 0.2) is 0 Å². The molecule has 1 N–H and O–H groups in total. The van der Waals surface area contributed by atoms with Gasteiger partial charge in [-0.3, -0.25) is 9.78 Å². The molecule has 4 aromatic rings. The lowest BCUT2D eigenvalue weighted by Crippen LogP contribution is -2.13. The Morgan fingerprint density at radius 2 is 2.14 bits per heavy atom. The average molecular weight is 374 g/mol. The van der Waals surface area contributed by atoms with Crippen molar-refractivity contribution in [2.75, 3.05) is 0 Å². The van der Waals surface area contributed by atoms with Crippen LogP contribution in [0.3, 0.4) is 0 Å². The van der Waals surface area contributed by atoms with E-state index in [9.17, 15) is 4.79 Å². The topological polar surface area (TPSA) is 76.7 Å². The molecule has 0 spiro atoms. The molecular formula is C22H22N4O2. The molecule has 28 heavy (non-hydrogen) atoms. The first kappa shape index (κ1) is 17.0. The van der Waals surface area contributed by atoms with Crippen LogP contribution in [0.1, 0.15) is 36.3 Å². The highest BCUT2D eigenvalue weighted by molar-refractivity contribution is 5.86. The summed E-state index contributed by atoms with van der Waals surface area (Å²) in [5.74, 6) is 1.54. The number of H-pyrrole nitrogens is 1. The molecule has 0 aliphatic heterocycles. The van der Waals surface area contributed by atoms with Gasteiger partial charge in [0.2, 0.25) is 5.56 Å². The number of hydrogen-bond donors (Lipinski definition) is 1. The number of nitrogens with one attached hydrogen (secondary N) is 1. The van der Waals surface area contributed by atoms with Crippen molar-refractivity contribution >= 4 is 11.0 Å². The van der Waals surface area contributed by atoms with Gasteiger partial charge >= 0.3 is 0 Å². The summed E-state index contributed by atoms with van der Waals surface area (Å²) in [6, 6.07) is 5.54. The Kier molecular flexibility index (Phi) is 3.93. The molecule has 0 saturated heterocycles. The zero-order valence-electron chi connectivity index (χ0n) is 16.0. The van der Waals surface area contributed by atoms with E-state index in [1.807, 2.05) is 26.1 Å². The first-order valence-electron chi connectivity index (χ1n) is 9.72. The molecule has 0 bridgehead atoms. The summed E-state index contributed by atoms with van der Waals surface area (Å²) in [7, 11) is 0. The number of rotatable bonds is 4. The van der Waals surface area contributed by atoms with E-state index in [1.165, 1.54) is 24.8 Å². The largest absolute Gasteiger partial charge is 0.361 e. The Labute approximate surface area is 162 Å². The maximum Gasteiger partial charge on any atom is 0.248 e.